The van der Waals surface area contributed by atoms with Crippen molar-refractivity contribution in [3.8, 4) is 0 Å². The molecule has 2 nitrogen and oxygen atoms in total. The predicted octanol–water partition coefficient (Wildman–Crippen LogP) is 2.89. The fourth-order valence-corrected chi connectivity index (χ4v) is 2.34. The van der Waals surface area contributed by atoms with E-state index in [2.05, 4.69) is 26.5 Å². The lowest BCUT2D eigenvalue weighted by Crippen LogP contribution is -2.26. The Morgan fingerprint density at radius 2 is 2.25 bits per heavy atom. The molecule has 0 fully saturated rings. The van der Waals surface area contributed by atoms with Crippen LogP contribution in [0.25, 0.3) is 0 Å². The smallest absolute Gasteiger partial charge is 0.250 e. The quantitative estimate of drug-likeness (QED) is 0.695. The van der Waals surface area contributed by atoms with Gasteiger partial charge in [0.15, 0.2) is 0 Å². The van der Waals surface area contributed by atoms with Crippen LogP contribution >= 0.6 is 0 Å². The highest BCUT2D eigenvalue weighted by atomic mass is 16.2. The van der Waals surface area contributed by atoms with E-state index in [4.69, 9.17) is 0 Å². The minimum atomic E-state index is -0.000318. The molecule has 0 bridgehead atoms. The Balaban J connectivity index is 2.45. The Labute approximate surface area is 96.6 Å². The summed E-state index contributed by atoms with van der Waals surface area (Å²) < 4.78 is 0. The van der Waals surface area contributed by atoms with Gasteiger partial charge >= 0.3 is 0 Å². The number of carbonyl (C=O) groups excluding carboxylic acids is 1. The van der Waals surface area contributed by atoms with Gasteiger partial charge in [0.2, 0.25) is 5.91 Å². The number of hydrogen-bond acceptors (Lipinski definition) is 1. The molecule has 84 valence electrons. The Morgan fingerprint density at radius 3 is 2.88 bits per heavy atom. The molecule has 0 atom stereocenters. The van der Waals surface area contributed by atoms with Crippen LogP contribution in [0, 0.1) is 0 Å². The van der Waals surface area contributed by atoms with Gasteiger partial charge in [0.25, 0.3) is 0 Å². The van der Waals surface area contributed by atoms with E-state index in [9.17, 15) is 4.79 Å². The van der Waals surface area contributed by atoms with Crippen molar-refractivity contribution in [2.75, 3.05) is 11.4 Å². The van der Waals surface area contributed by atoms with E-state index < -0.39 is 0 Å². The van der Waals surface area contributed by atoms with Gasteiger partial charge < -0.3 is 4.90 Å². The summed E-state index contributed by atoms with van der Waals surface area (Å²) in [7, 11) is 0. The zero-order chi connectivity index (χ0) is 11.7. The average Bonchev–Trinajstić information content (AvgIpc) is 2.71. The van der Waals surface area contributed by atoms with E-state index in [1.54, 1.807) is 0 Å². The molecule has 1 aliphatic rings. The maximum atomic E-state index is 11.7. The second kappa shape index (κ2) is 4.12. The first-order chi connectivity index (χ1) is 7.65. The summed E-state index contributed by atoms with van der Waals surface area (Å²) in [6.07, 6.45) is 2.35. The summed E-state index contributed by atoms with van der Waals surface area (Å²) in [5.41, 5.74) is 3.75. The molecule has 1 heterocycles. The Morgan fingerprint density at radius 1 is 1.50 bits per heavy atom. The van der Waals surface area contributed by atoms with Crippen LogP contribution < -0.4 is 4.90 Å². The predicted molar refractivity (Wildman–Crippen MR) is 66.8 cm³/mol. The number of rotatable bonds is 2. The number of nitrogens with zero attached hydrogens (tertiary/aromatic N) is 1. The van der Waals surface area contributed by atoms with Crippen molar-refractivity contribution in [3.05, 3.63) is 42.0 Å². The van der Waals surface area contributed by atoms with Gasteiger partial charge in [-0.15, -0.1) is 0 Å². The molecule has 2 heteroatoms. The van der Waals surface area contributed by atoms with Gasteiger partial charge in [-0.3, -0.25) is 4.79 Å². The van der Waals surface area contributed by atoms with Gasteiger partial charge in [0.05, 0.1) is 0 Å². The molecular formula is C14H17NO. The summed E-state index contributed by atoms with van der Waals surface area (Å²) in [6.45, 7) is 8.70. The van der Waals surface area contributed by atoms with E-state index in [1.807, 2.05) is 17.0 Å². The van der Waals surface area contributed by atoms with E-state index in [-0.39, 0.29) is 5.91 Å². The first-order valence-corrected chi connectivity index (χ1v) is 5.71. The van der Waals surface area contributed by atoms with Crippen molar-refractivity contribution in [1.82, 2.24) is 0 Å². The van der Waals surface area contributed by atoms with Crippen LogP contribution in [0.2, 0.25) is 0 Å². The van der Waals surface area contributed by atoms with E-state index >= 15 is 0 Å². The maximum absolute atomic E-state index is 11.7. The minimum absolute atomic E-state index is 0.000318. The minimum Gasteiger partial charge on any atom is -0.308 e. The summed E-state index contributed by atoms with van der Waals surface area (Å²) in [4.78, 5) is 13.5. The highest BCUT2D eigenvalue weighted by molar-refractivity contribution is 6.02. The first-order valence-electron chi connectivity index (χ1n) is 5.71. The third kappa shape index (κ3) is 1.64. The van der Waals surface area contributed by atoms with Gasteiger partial charge in [-0.05, 0) is 35.6 Å². The molecule has 0 saturated carbocycles. The number of hydrogen-bond donors (Lipinski definition) is 0. The number of anilines is 1. The van der Waals surface area contributed by atoms with Crippen molar-refractivity contribution in [2.24, 2.45) is 0 Å². The van der Waals surface area contributed by atoms with Gasteiger partial charge in [0, 0.05) is 12.2 Å². The fraction of sp³-hybridized carbons (Fsp3) is 0.357. The highest BCUT2D eigenvalue weighted by Gasteiger charge is 2.25. The molecule has 16 heavy (non-hydrogen) atoms. The van der Waals surface area contributed by atoms with E-state index in [0.717, 1.165) is 18.7 Å². The van der Waals surface area contributed by atoms with Crippen LogP contribution in [0.1, 0.15) is 30.9 Å². The molecule has 0 aliphatic carbocycles. The molecular weight excluding hydrogens is 198 g/mol. The van der Waals surface area contributed by atoms with Crippen molar-refractivity contribution in [1.29, 1.82) is 0 Å². The topological polar surface area (TPSA) is 20.3 Å². The van der Waals surface area contributed by atoms with Crippen LogP contribution in [-0.4, -0.2) is 12.5 Å². The second-order valence-corrected chi connectivity index (χ2v) is 4.44. The number of carbonyl (C=O) groups is 1. The summed E-state index contributed by atoms with van der Waals surface area (Å²) in [5, 5.41) is 0. The van der Waals surface area contributed by atoms with Gasteiger partial charge in [-0.1, -0.05) is 32.6 Å². The van der Waals surface area contributed by atoms with Crippen LogP contribution in [0.4, 0.5) is 5.69 Å². The van der Waals surface area contributed by atoms with Gasteiger partial charge in [0.1, 0.15) is 0 Å². The number of benzene rings is 1. The highest BCUT2D eigenvalue weighted by Crippen LogP contribution is 2.34. The molecule has 2 rings (SSSR count). The zero-order valence-corrected chi connectivity index (χ0v) is 9.86. The molecule has 0 unspecified atom stereocenters. The molecule has 0 N–H and O–H groups in total. The molecule has 1 aromatic rings. The fourth-order valence-electron chi connectivity index (χ4n) is 2.34. The maximum Gasteiger partial charge on any atom is 0.250 e. The third-order valence-electron chi connectivity index (χ3n) is 3.13. The van der Waals surface area contributed by atoms with Crippen molar-refractivity contribution < 1.29 is 4.79 Å². The molecule has 0 saturated heterocycles. The van der Waals surface area contributed by atoms with Gasteiger partial charge in [-0.2, -0.15) is 0 Å². The van der Waals surface area contributed by atoms with Crippen molar-refractivity contribution in [3.63, 3.8) is 0 Å². The summed E-state index contributed by atoms with van der Waals surface area (Å²) >= 11 is 0. The molecule has 0 aromatic heterocycles. The zero-order valence-electron chi connectivity index (χ0n) is 9.86. The van der Waals surface area contributed by atoms with Crippen LogP contribution in [0.3, 0.4) is 0 Å². The molecule has 1 aliphatic heterocycles. The molecule has 0 radical (unpaired) electrons. The molecule has 1 aromatic carbocycles. The largest absolute Gasteiger partial charge is 0.308 e. The van der Waals surface area contributed by atoms with Crippen molar-refractivity contribution >= 4 is 11.6 Å². The van der Waals surface area contributed by atoms with Crippen molar-refractivity contribution in [2.45, 2.75) is 26.2 Å². The lowest BCUT2D eigenvalue weighted by atomic mass is 9.96. The SMILES string of the molecule is C=CC(=O)N1CCc2c(C(C)C)cccc21. The third-order valence-corrected chi connectivity index (χ3v) is 3.13. The first kappa shape index (κ1) is 10.9. The summed E-state index contributed by atoms with van der Waals surface area (Å²) in [6, 6.07) is 6.21. The Kier molecular flexibility index (Phi) is 2.82. The normalized spacial score (nSPS) is 14.1. The second-order valence-electron chi connectivity index (χ2n) is 4.44. The Hall–Kier alpha value is -1.57. The van der Waals surface area contributed by atoms with Gasteiger partial charge in [-0.25, -0.2) is 0 Å². The number of amides is 1. The lowest BCUT2D eigenvalue weighted by Gasteiger charge is -2.16. The van der Waals surface area contributed by atoms with E-state index in [0.29, 0.717) is 5.92 Å². The molecule has 1 amide bonds. The van der Waals surface area contributed by atoms with Crippen LogP contribution in [-0.2, 0) is 11.2 Å². The van der Waals surface area contributed by atoms with Crippen LogP contribution in [0.15, 0.2) is 30.9 Å². The lowest BCUT2D eigenvalue weighted by molar-refractivity contribution is -0.114. The summed E-state index contributed by atoms with van der Waals surface area (Å²) in [5.74, 6) is 0.508. The molecule has 0 spiro atoms. The standard InChI is InChI=1S/C14H17NO/c1-4-14(16)15-9-8-12-11(10(2)3)6-5-7-13(12)15/h4-7,10H,1,8-9H2,2-3H3. The van der Waals surface area contributed by atoms with E-state index in [1.165, 1.54) is 17.2 Å². The monoisotopic (exact) mass is 215 g/mol. The number of fused-ring (bicyclic) bond motifs is 1. The Bertz CT molecular complexity index is 434. The average molecular weight is 215 g/mol. The van der Waals surface area contributed by atoms with Crippen LogP contribution in [0.5, 0.6) is 0 Å².